The van der Waals surface area contributed by atoms with Crippen molar-refractivity contribution in [3.8, 4) is 0 Å². The van der Waals surface area contributed by atoms with Gasteiger partial charge in [-0.2, -0.15) is 0 Å². The van der Waals surface area contributed by atoms with Crippen molar-refractivity contribution in [1.82, 2.24) is 15.1 Å². The second kappa shape index (κ2) is 6.50. The Balaban J connectivity index is 1.79. The van der Waals surface area contributed by atoms with Gasteiger partial charge < -0.3 is 15.0 Å². The largest absolute Gasteiger partial charge is 0.366 e. The minimum atomic E-state index is -0.270. The number of nitrogens with one attached hydrogen (secondary N) is 1. The molecule has 104 valence electrons. The molecule has 0 spiro atoms. The zero-order valence-electron chi connectivity index (χ0n) is 11.5. The van der Waals surface area contributed by atoms with Crippen molar-refractivity contribution in [3.05, 3.63) is 0 Å². The van der Waals surface area contributed by atoms with Gasteiger partial charge in [0.25, 0.3) is 5.91 Å². The van der Waals surface area contributed by atoms with Gasteiger partial charge in [0.05, 0.1) is 6.61 Å². The fourth-order valence-electron chi connectivity index (χ4n) is 2.57. The van der Waals surface area contributed by atoms with Crippen LogP contribution in [0.5, 0.6) is 0 Å². The zero-order chi connectivity index (χ0) is 13.0. The summed E-state index contributed by atoms with van der Waals surface area (Å²) in [5.74, 6) is 0.158. The minimum Gasteiger partial charge on any atom is -0.366 e. The van der Waals surface area contributed by atoms with Gasteiger partial charge in [0.1, 0.15) is 6.10 Å². The molecule has 5 nitrogen and oxygen atoms in total. The topological polar surface area (TPSA) is 44.8 Å². The van der Waals surface area contributed by atoms with Crippen molar-refractivity contribution < 1.29 is 9.53 Å². The summed E-state index contributed by atoms with van der Waals surface area (Å²) in [5.41, 5.74) is 0. The summed E-state index contributed by atoms with van der Waals surface area (Å²) in [6.45, 7) is 10.3. The molecular formula is C13H25N3O2. The maximum Gasteiger partial charge on any atom is 0.253 e. The molecule has 2 aliphatic rings. The Morgan fingerprint density at radius 1 is 1.39 bits per heavy atom. The van der Waals surface area contributed by atoms with Crippen molar-refractivity contribution >= 4 is 5.91 Å². The first-order valence-electron chi connectivity index (χ1n) is 7.07. The summed E-state index contributed by atoms with van der Waals surface area (Å²) in [6.07, 6.45) is 0.901. The van der Waals surface area contributed by atoms with Crippen LogP contribution in [0, 0.1) is 0 Å². The Bertz CT molecular complexity index is 271. The summed E-state index contributed by atoms with van der Waals surface area (Å²) in [6, 6.07) is 0.620. The number of carbonyl (C=O) groups excluding carboxylic acids is 1. The van der Waals surface area contributed by atoms with Crippen molar-refractivity contribution in [2.75, 3.05) is 45.9 Å². The van der Waals surface area contributed by atoms with E-state index < -0.39 is 0 Å². The van der Waals surface area contributed by atoms with E-state index in [9.17, 15) is 4.79 Å². The SMILES string of the molecule is CCC(C)N1CCN(C(=O)C2CNCCO2)CC1. The molecule has 0 bridgehead atoms. The molecule has 0 saturated carbocycles. The molecule has 0 radical (unpaired) electrons. The van der Waals surface area contributed by atoms with Crippen LogP contribution in [0.2, 0.25) is 0 Å². The minimum absolute atomic E-state index is 0.158. The molecule has 0 aromatic carbocycles. The van der Waals surface area contributed by atoms with E-state index in [1.165, 1.54) is 6.42 Å². The zero-order valence-corrected chi connectivity index (χ0v) is 11.5. The van der Waals surface area contributed by atoms with Crippen LogP contribution in [0.25, 0.3) is 0 Å². The fraction of sp³-hybridized carbons (Fsp3) is 0.923. The quantitative estimate of drug-likeness (QED) is 0.766. The molecule has 5 heteroatoms. The third kappa shape index (κ3) is 3.22. The highest BCUT2D eigenvalue weighted by molar-refractivity contribution is 5.81. The number of nitrogens with zero attached hydrogens (tertiary/aromatic N) is 2. The highest BCUT2D eigenvalue weighted by Gasteiger charge is 2.29. The van der Waals surface area contributed by atoms with E-state index in [1.807, 2.05) is 4.90 Å². The third-order valence-corrected chi connectivity index (χ3v) is 4.04. The molecule has 1 amide bonds. The molecule has 0 aliphatic carbocycles. The first-order valence-corrected chi connectivity index (χ1v) is 7.07. The number of amides is 1. The molecule has 2 atom stereocenters. The number of carbonyl (C=O) groups is 1. The van der Waals surface area contributed by atoms with Gasteiger partial charge in [0, 0.05) is 45.3 Å². The summed E-state index contributed by atoms with van der Waals surface area (Å²) in [4.78, 5) is 16.7. The van der Waals surface area contributed by atoms with E-state index in [4.69, 9.17) is 4.74 Å². The Morgan fingerprint density at radius 2 is 2.11 bits per heavy atom. The van der Waals surface area contributed by atoms with Gasteiger partial charge in [-0.25, -0.2) is 0 Å². The smallest absolute Gasteiger partial charge is 0.253 e. The average molecular weight is 255 g/mol. The van der Waals surface area contributed by atoms with E-state index in [0.29, 0.717) is 19.2 Å². The maximum absolute atomic E-state index is 12.2. The number of ether oxygens (including phenoxy) is 1. The predicted octanol–water partition coefficient (Wildman–Crippen LogP) is -0.0825. The molecule has 2 rings (SSSR count). The molecule has 18 heavy (non-hydrogen) atoms. The van der Waals surface area contributed by atoms with Crippen molar-refractivity contribution in [2.45, 2.75) is 32.4 Å². The lowest BCUT2D eigenvalue weighted by Gasteiger charge is -2.39. The van der Waals surface area contributed by atoms with Crippen LogP contribution in [0.4, 0.5) is 0 Å². The van der Waals surface area contributed by atoms with Crippen molar-refractivity contribution in [1.29, 1.82) is 0 Å². The Kier molecular flexibility index (Phi) is 4.97. The normalized spacial score (nSPS) is 28.1. The lowest BCUT2D eigenvalue weighted by molar-refractivity contribution is -0.147. The van der Waals surface area contributed by atoms with Crippen LogP contribution in [0.15, 0.2) is 0 Å². The summed E-state index contributed by atoms with van der Waals surface area (Å²) in [5, 5.41) is 3.21. The fourth-order valence-corrected chi connectivity index (χ4v) is 2.57. The van der Waals surface area contributed by atoms with E-state index in [2.05, 4.69) is 24.1 Å². The first kappa shape index (κ1) is 13.8. The number of hydrogen-bond acceptors (Lipinski definition) is 4. The van der Waals surface area contributed by atoms with Gasteiger partial charge in [-0.3, -0.25) is 9.69 Å². The molecule has 2 unspecified atom stereocenters. The van der Waals surface area contributed by atoms with Gasteiger partial charge >= 0.3 is 0 Å². The standard InChI is InChI=1S/C13H25N3O2/c1-3-11(2)15-5-7-16(8-6-15)13(17)12-10-14-4-9-18-12/h11-12,14H,3-10H2,1-2H3. The van der Waals surface area contributed by atoms with Crippen LogP contribution < -0.4 is 5.32 Å². The summed E-state index contributed by atoms with van der Waals surface area (Å²) in [7, 11) is 0. The van der Waals surface area contributed by atoms with Gasteiger partial charge in [0.15, 0.2) is 0 Å². The number of piperazine rings is 1. The van der Waals surface area contributed by atoms with E-state index in [0.717, 1.165) is 32.7 Å². The molecular weight excluding hydrogens is 230 g/mol. The highest BCUT2D eigenvalue weighted by atomic mass is 16.5. The third-order valence-electron chi connectivity index (χ3n) is 4.04. The van der Waals surface area contributed by atoms with E-state index in [-0.39, 0.29) is 12.0 Å². The van der Waals surface area contributed by atoms with Gasteiger partial charge in [-0.15, -0.1) is 0 Å². The summed E-state index contributed by atoms with van der Waals surface area (Å²) < 4.78 is 5.52. The monoisotopic (exact) mass is 255 g/mol. The lowest BCUT2D eigenvalue weighted by atomic mass is 10.1. The Hall–Kier alpha value is -0.650. The molecule has 1 N–H and O–H groups in total. The molecule has 0 aromatic heterocycles. The van der Waals surface area contributed by atoms with Gasteiger partial charge in [-0.1, -0.05) is 6.92 Å². The van der Waals surface area contributed by atoms with Crippen LogP contribution in [0.1, 0.15) is 20.3 Å². The van der Waals surface area contributed by atoms with Crippen molar-refractivity contribution in [3.63, 3.8) is 0 Å². The second-order valence-corrected chi connectivity index (χ2v) is 5.18. The predicted molar refractivity (Wildman–Crippen MR) is 70.5 cm³/mol. The maximum atomic E-state index is 12.2. The van der Waals surface area contributed by atoms with Crippen LogP contribution in [-0.4, -0.2) is 73.7 Å². The molecule has 2 aliphatic heterocycles. The lowest BCUT2D eigenvalue weighted by Crippen LogP contribution is -2.56. The molecule has 0 aromatic rings. The summed E-state index contributed by atoms with van der Waals surface area (Å²) >= 11 is 0. The first-order chi connectivity index (χ1) is 8.72. The molecule has 2 saturated heterocycles. The molecule has 2 fully saturated rings. The van der Waals surface area contributed by atoms with Crippen LogP contribution in [0.3, 0.4) is 0 Å². The van der Waals surface area contributed by atoms with Crippen molar-refractivity contribution in [2.24, 2.45) is 0 Å². The van der Waals surface area contributed by atoms with E-state index >= 15 is 0 Å². The van der Waals surface area contributed by atoms with Gasteiger partial charge in [0.2, 0.25) is 0 Å². The number of hydrogen-bond donors (Lipinski definition) is 1. The number of morpholine rings is 1. The Morgan fingerprint density at radius 3 is 2.67 bits per heavy atom. The number of rotatable bonds is 3. The van der Waals surface area contributed by atoms with Gasteiger partial charge in [-0.05, 0) is 13.3 Å². The molecule has 2 heterocycles. The van der Waals surface area contributed by atoms with Crippen LogP contribution >= 0.6 is 0 Å². The second-order valence-electron chi connectivity index (χ2n) is 5.18. The van der Waals surface area contributed by atoms with Crippen LogP contribution in [-0.2, 0) is 9.53 Å². The average Bonchev–Trinajstić information content (AvgIpc) is 2.47. The highest BCUT2D eigenvalue weighted by Crippen LogP contribution is 2.11. The van der Waals surface area contributed by atoms with E-state index in [1.54, 1.807) is 0 Å². The Labute approximate surface area is 109 Å².